The van der Waals surface area contributed by atoms with Crippen LogP contribution in [0.3, 0.4) is 0 Å². The van der Waals surface area contributed by atoms with Crippen LogP contribution in [-0.2, 0) is 15.6 Å². The summed E-state index contributed by atoms with van der Waals surface area (Å²) in [6.45, 7) is 2.88. The zero-order valence-corrected chi connectivity index (χ0v) is 12.4. The Hall–Kier alpha value is -1.65. The van der Waals surface area contributed by atoms with Gasteiger partial charge in [-0.25, -0.2) is 8.42 Å². The highest BCUT2D eigenvalue weighted by atomic mass is 35.7. The van der Waals surface area contributed by atoms with Crippen LogP contribution in [0, 0.1) is 0 Å². The maximum atomic E-state index is 11.5. The first kappa shape index (κ1) is 13.3. The van der Waals surface area contributed by atoms with Crippen molar-refractivity contribution in [2.45, 2.75) is 18.4 Å². The second-order valence-corrected chi connectivity index (χ2v) is 7.17. The first-order valence-electron chi connectivity index (χ1n) is 6.31. The van der Waals surface area contributed by atoms with Crippen molar-refractivity contribution >= 4 is 41.5 Å². The standard InChI is InChI=1S/C15H13ClNO2S/c1-2-17-14-6-4-3-5-11(14)9-12-10-13(20(16,18)19)7-8-15(12)17/h3-10H,2H2,1H3/q+1. The monoisotopic (exact) mass is 306 g/mol. The van der Waals surface area contributed by atoms with Crippen LogP contribution >= 0.6 is 10.7 Å². The number of fused-ring (bicyclic) bond motifs is 2. The fourth-order valence-electron chi connectivity index (χ4n) is 2.54. The Morgan fingerprint density at radius 1 is 1.00 bits per heavy atom. The van der Waals surface area contributed by atoms with Gasteiger partial charge in [-0.3, -0.25) is 0 Å². The molecule has 0 radical (unpaired) electrons. The fourth-order valence-corrected chi connectivity index (χ4v) is 3.33. The zero-order valence-electron chi connectivity index (χ0n) is 10.9. The maximum absolute atomic E-state index is 11.5. The number of aromatic nitrogens is 1. The van der Waals surface area contributed by atoms with Crippen LogP contribution in [0.25, 0.3) is 21.8 Å². The summed E-state index contributed by atoms with van der Waals surface area (Å²) in [7, 11) is 1.71. The molecule has 3 aromatic rings. The van der Waals surface area contributed by atoms with Gasteiger partial charge in [0, 0.05) is 33.6 Å². The number of benzene rings is 2. The minimum Gasteiger partial charge on any atom is -0.207 e. The minimum atomic E-state index is -3.70. The minimum absolute atomic E-state index is 0.129. The van der Waals surface area contributed by atoms with Gasteiger partial charge in [0.05, 0.1) is 4.90 Å². The Labute approximate surface area is 121 Å². The summed E-state index contributed by atoms with van der Waals surface area (Å²) in [6.07, 6.45) is 0. The van der Waals surface area contributed by atoms with Crippen LogP contribution in [0.5, 0.6) is 0 Å². The average Bonchev–Trinajstić information content (AvgIpc) is 2.43. The van der Waals surface area contributed by atoms with E-state index >= 15 is 0 Å². The molecule has 0 aliphatic rings. The number of aryl methyl sites for hydroxylation is 1. The number of rotatable bonds is 2. The molecule has 1 heterocycles. The lowest BCUT2D eigenvalue weighted by Gasteiger charge is -2.05. The summed E-state index contributed by atoms with van der Waals surface area (Å²) in [4.78, 5) is 0.129. The summed E-state index contributed by atoms with van der Waals surface area (Å²) in [5.41, 5.74) is 2.12. The Bertz CT molecular complexity index is 920. The van der Waals surface area contributed by atoms with Gasteiger partial charge in [-0.2, -0.15) is 4.57 Å². The highest BCUT2D eigenvalue weighted by Gasteiger charge is 2.17. The van der Waals surface area contributed by atoms with Crippen molar-refractivity contribution in [3.8, 4) is 0 Å². The third-order valence-corrected chi connectivity index (χ3v) is 4.78. The van der Waals surface area contributed by atoms with Gasteiger partial charge in [-0.15, -0.1) is 0 Å². The van der Waals surface area contributed by atoms with Crippen molar-refractivity contribution in [2.24, 2.45) is 0 Å². The summed E-state index contributed by atoms with van der Waals surface area (Å²) in [6, 6.07) is 15.0. The Morgan fingerprint density at radius 3 is 2.40 bits per heavy atom. The van der Waals surface area contributed by atoms with Crippen LogP contribution in [-0.4, -0.2) is 8.42 Å². The zero-order chi connectivity index (χ0) is 14.3. The number of halogens is 1. The molecule has 20 heavy (non-hydrogen) atoms. The summed E-state index contributed by atoms with van der Waals surface area (Å²) in [5.74, 6) is 0. The number of pyridine rings is 1. The Morgan fingerprint density at radius 2 is 1.70 bits per heavy atom. The lowest BCUT2D eigenvalue weighted by atomic mass is 10.1. The molecule has 0 N–H and O–H groups in total. The SMILES string of the molecule is CC[n+]1c2ccccc2cc2cc(S(=O)(=O)Cl)ccc21. The summed E-state index contributed by atoms with van der Waals surface area (Å²) in [5, 5.41) is 1.94. The number of nitrogens with zero attached hydrogens (tertiary/aromatic N) is 1. The van der Waals surface area contributed by atoms with E-state index in [1.807, 2.05) is 24.3 Å². The maximum Gasteiger partial charge on any atom is 0.261 e. The highest BCUT2D eigenvalue weighted by Crippen LogP contribution is 2.23. The predicted molar refractivity (Wildman–Crippen MR) is 80.4 cm³/mol. The van der Waals surface area contributed by atoms with E-state index in [0.717, 1.165) is 28.4 Å². The average molecular weight is 307 g/mol. The van der Waals surface area contributed by atoms with Gasteiger partial charge in [0.1, 0.15) is 6.54 Å². The normalized spacial score (nSPS) is 12.1. The van der Waals surface area contributed by atoms with Crippen LogP contribution in [0.2, 0.25) is 0 Å². The molecular formula is C15H13ClNO2S+. The first-order valence-corrected chi connectivity index (χ1v) is 8.61. The van der Waals surface area contributed by atoms with Crippen molar-refractivity contribution in [3.63, 3.8) is 0 Å². The lowest BCUT2D eigenvalue weighted by molar-refractivity contribution is -0.641. The lowest BCUT2D eigenvalue weighted by Crippen LogP contribution is -2.34. The molecule has 3 nitrogen and oxygen atoms in total. The van der Waals surface area contributed by atoms with Gasteiger partial charge >= 0.3 is 0 Å². The molecular weight excluding hydrogens is 294 g/mol. The second-order valence-electron chi connectivity index (χ2n) is 4.61. The van der Waals surface area contributed by atoms with Gasteiger partial charge in [-0.1, -0.05) is 12.1 Å². The van der Waals surface area contributed by atoms with E-state index in [2.05, 4.69) is 17.6 Å². The molecule has 0 spiro atoms. The van der Waals surface area contributed by atoms with Gasteiger partial charge < -0.3 is 0 Å². The highest BCUT2D eigenvalue weighted by molar-refractivity contribution is 8.13. The van der Waals surface area contributed by atoms with Crippen molar-refractivity contribution < 1.29 is 13.0 Å². The number of hydrogen-bond acceptors (Lipinski definition) is 2. The molecule has 0 saturated heterocycles. The number of hydrogen-bond donors (Lipinski definition) is 0. The third kappa shape index (κ3) is 2.15. The summed E-state index contributed by atoms with van der Waals surface area (Å²) >= 11 is 0. The van der Waals surface area contributed by atoms with E-state index in [1.54, 1.807) is 18.2 Å². The number of para-hydroxylation sites is 1. The van der Waals surface area contributed by atoms with E-state index in [4.69, 9.17) is 10.7 Å². The molecule has 0 fully saturated rings. The van der Waals surface area contributed by atoms with Gasteiger partial charge in [0.25, 0.3) is 9.05 Å². The molecule has 0 atom stereocenters. The molecule has 0 saturated carbocycles. The topological polar surface area (TPSA) is 38.0 Å². The summed E-state index contributed by atoms with van der Waals surface area (Å²) < 4.78 is 25.1. The van der Waals surface area contributed by atoms with E-state index in [9.17, 15) is 8.42 Å². The molecule has 1 aromatic heterocycles. The first-order chi connectivity index (χ1) is 9.50. The molecule has 3 rings (SSSR count). The fraction of sp³-hybridized carbons (Fsp3) is 0.133. The second kappa shape index (κ2) is 4.72. The Balaban J connectivity index is 2.45. The molecule has 0 aliphatic carbocycles. The predicted octanol–water partition coefficient (Wildman–Crippen LogP) is 3.23. The van der Waals surface area contributed by atoms with E-state index in [0.29, 0.717) is 0 Å². The molecule has 0 bridgehead atoms. The van der Waals surface area contributed by atoms with Crippen molar-refractivity contribution in [2.75, 3.05) is 0 Å². The van der Waals surface area contributed by atoms with Gasteiger partial charge in [0.2, 0.25) is 11.0 Å². The van der Waals surface area contributed by atoms with Crippen LogP contribution in [0.15, 0.2) is 53.4 Å². The van der Waals surface area contributed by atoms with Gasteiger partial charge in [0.15, 0.2) is 0 Å². The molecule has 5 heteroatoms. The van der Waals surface area contributed by atoms with Crippen LogP contribution in [0.4, 0.5) is 0 Å². The quantitative estimate of drug-likeness (QED) is 0.414. The molecule has 0 unspecified atom stereocenters. The molecule has 102 valence electrons. The Kier molecular flexibility index (Phi) is 3.15. The van der Waals surface area contributed by atoms with Crippen LogP contribution < -0.4 is 4.57 Å². The molecule has 0 amide bonds. The van der Waals surface area contributed by atoms with Crippen LogP contribution in [0.1, 0.15) is 6.92 Å². The van der Waals surface area contributed by atoms with Gasteiger partial charge in [-0.05, 0) is 31.2 Å². The largest absolute Gasteiger partial charge is 0.261 e. The third-order valence-electron chi connectivity index (χ3n) is 3.43. The van der Waals surface area contributed by atoms with E-state index in [1.165, 1.54) is 0 Å². The van der Waals surface area contributed by atoms with E-state index < -0.39 is 9.05 Å². The van der Waals surface area contributed by atoms with Crippen molar-refractivity contribution in [3.05, 3.63) is 48.5 Å². The van der Waals surface area contributed by atoms with Crippen molar-refractivity contribution in [1.82, 2.24) is 0 Å². The molecule has 2 aromatic carbocycles. The van der Waals surface area contributed by atoms with Crippen molar-refractivity contribution in [1.29, 1.82) is 0 Å². The molecule has 0 aliphatic heterocycles. The van der Waals surface area contributed by atoms with E-state index in [-0.39, 0.29) is 4.90 Å². The smallest absolute Gasteiger partial charge is 0.207 e.